The number of phenolic OH excluding ortho intramolecular Hbond substituents is 2. The van der Waals surface area contributed by atoms with Gasteiger partial charge in [0.1, 0.15) is 40.4 Å². The largest absolute Gasteiger partial charge is 0.508 e. The first-order chi connectivity index (χ1) is 29.7. The normalized spacial score (nSPS) is 14.9. The van der Waals surface area contributed by atoms with Crippen molar-refractivity contribution in [2.24, 2.45) is 24.1 Å². The van der Waals surface area contributed by atoms with Crippen LogP contribution in [0.2, 0.25) is 0 Å². The average Bonchev–Trinajstić information content (AvgIpc) is 4.05. The molecule has 6 heterocycles. The molecule has 0 saturated heterocycles. The molecule has 0 amide bonds. The number of nitrogens with zero attached hydrogens (tertiary/aromatic N) is 12. The van der Waals surface area contributed by atoms with Crippen LogP contribution in [0.1, 0.15) is 65.9 Å². The lowest BCUT2D eigenvalue weighted by molar-refractivity contribution is 0.425. The average molecular weight is 849 g/mol. The molecule has 18 heteroatoms. The van der Waals surface area contributed by atoms with Gasteiger partial charge in [-0.2, -0.15) is 10.2 Å². The zero-order valence-corrected chi connectivity index (χ0v) is 35.4. The van der Waals surface area contributed by atoms with Crippen LogP contribution in [0, 0.1) is 13.8 Å². The van der Waals surface area contributed by atoms with Crippen molar-refractivity contribution in [2.45, 2.75) is 39.8 Å². The highest BCUT2D eigenvalue weighted by atomic mass is 35.5. The molecule has 2 aliphatic rings. The number of rotatable bonds is 4. The topological polar surface area (TPSA) is 203 Å². The van der Waals surface area contributed by atoms with Crippen LogP contribution in [0.3, 0.4) is 0 Å². The van der Waals surface area contributed by atoms with E-state index in [9.17, 15) is 5.11 Å². The third-order valence-electron chi connectivity index (χ3n) is 10.4. The van der Waals surface area contributed by atoms with E-state index >= 15 is 0 Å². The maximum absolute atomic E-state index is 9.73. The number of halogens is 1. The van der Waals surface area contributed by atoms with Crippen LogP contribution in [0.4, 0.5) is 0 Å². The summed E-state index contributed by atoms with van der Waals surface area (Å²) < 4.78 is 7.66. The fraction of sp³-hybridized carbons (Fsp3) is 0.182. The van der Waals surface area contributed by atoms with Crippen molar-refractivity contribution >= 4 is 35.1 Å². The van der Waals surface area contributed by atoms with Crippen LogP contribution in [-0.2, 0) is 14.1 Å². The van der Waals surface area contributed by atoms with Gasteiger partial charge in [-0.25, -0.2) is 0 Å². The van der Waals surface area contributed by atoms with Crippen molar-refractivity contribution in [3.63, 3.8) is 0 Å². The first-order valence-corrected chi connectivity index (χ1v) is 20.0. The van der Waals surface area contributed by atoms with Gasteiger partial charge in [0, 0.05) is 54.3 Å². The van der Waals surface area contributed by atoms with Crippen molar-refractivity contribution in [3.8, 4) is 45.1 Å². The molecule has 0 unspecified atom stereocenters. The number of aromatic nitrogens is 10. The van der Waals surface area contributed by atoms with E-state index in [0.717, 1.165) is 79.3 Å². The van der Waals surface area contributed by atoms with Crippen molar-refractivity contribution in [3.05, 3.63) is 150 Å². The summed E-state index contributed by atoms with van der Waals surface area (Å²) in [6.07, 6.45) is 7.66. The third kappa shape index (κ3) is 8.28. The Kier molecular flexibility index (Phi) is 11.4. The SMILES string of the molecule is Cc1nnc2n1-c1ccc(-c3cnn(C)c3)cc1C(Cl)=N[C@H]2C.Cc1nnc2n1-c1ccc(-c3cnn(C)c3)cc1C(c1ccc(O)cc1)=N[C@H]2C.OB(O)c1ccc(O)cc1. The second-order valence-electron chi connectivity index (χ2n) is 14.9. The van der Waals surface area contributed by atoms with Crippen LogP contribution < -0.4 is 5.46 Å². The zero-order chi connectivity index (χ0) is 43.8. The predicted molar refractivity (Wildman–Crippen MR) is 237 cm³/mol. The van der Waals surface area contributed by atoms with Crippen molar-refractivity contribution < 1.29 is 20.3 Å². The molecule has 0 saturated carbocycles. The molecular formula is C44H42BClN12O4. The standard InChI is InChI=1S/C22H20N6O.C16H15ClN6.C6H7BO3/c1-13-22-26-25-14(2)28(22)20-9-6-16(17-11-23-27(3)12-17)10-19(20)21(24-13)15-4-7-18(29)8-5-15;1-9-16-21-20-10(2)23(16)14-5-4-11(6-13(14)15(17)19-9)12-7-18-22(3)8-12;8-6-3-1-5(2-4-6)7(9)10/h4-13,29H,1-3H3;4-9H,1-3H3;1-4,8-10H/t13-;9-;/m00./s1. The molecule has 4 aromatic carbocycles. The minimum atomic E-state index is -1.46. The lowest BCUT2D eigenvalue weighted by atomic mass is 9.80. The molecule has 2 aliphatic heterocycles. The van der Waals surface area contributed by atoms with E-state index in [2.05, 4.69) is 64.4 Å². The Morgan fingerprint density at radius 2 is 1.02 bits per heavy atom. The van der Waals surface area contributed by atoms with E-state index in [0.29, 0.717) is 10.6 Å². The van der Waals surface area contributed by atoms with Gasteiger partial charge in [-0.1, -0.05) is 35.9 Å². The highest BCUT2D eigenvalue weighted by Crippen LogP contribution is 2.35. The highest BCUT2D eigenvalue weighted by molar-refractivity contribution is 6.70. The third-order valence-corrected chi connectivity index (χ3v) is 10.7. The molecule has 0 fully saturated rings. The van der Waals surface area contributed by atoms with Gasteiger partial charge in [0.15, 0.2) is 11.6 Å². The number of hydrogen-bond acceptors (Lipinski definition) is 12. The highest BCUT2D eigenvalue weighted by Gasteiger charge is 2.27. The summed E-state index contributed by atoms with van der Waals surface area (Å²) in [5, 5.41) is 61.8. The number of hydrogen-bond donors (Lipinski definition) is 4. The summed E-state index contributed by atoms with van der Waals surface area (Å²) in [7, 11) is 2.35. The maximum Gasteiger partial charge on any atom is 0.488 e. The maximum atomic E-state index is 9.73. The molecule has 0 bridgehead atoms. The molecule has 16 nitrogen and oxygen atoms in total. The summed E-state index contributed by atoms with van der Waals surface area (Å²) in [5.41, 5.74) is 10.2. The van der Waals surface area contributed by atoms with Gasteiger partial charge in [-0.15, -0.1) is 20.4 Å². The predicted octanol–water partition coefficient (Wildman–Crippen LogP) is 5.70. The smallest absolute Gasteiger partial charge is 0.488 e. The molecule has 0 spiro atoms. The monoisotopic (exact) mass is 848 g/mol. The molecule has 0 aliphatic carbocycles. The van der Waals surface area contributed by atoms with Gasteiger partial charge in [0.2, 0.25) is 0 Å². The second kappa shape index (κ2) is 17.0. The van der Waals surface area contributed by atoms with Crippen molar-refractivity contribution in [1.29, 1.82) is 0 Å². The van der Waals surface area contributed by atoms with Crippen molar-refractivity contribution in [1.82, 2.24) is 49.1 Å². The Balaban J connectivity index is 0.000000143. The van der Waals surface area contributed by atoms with E-state index in [1.54, 1.807) is 21.5 Å². The summed E-state index contributed by atoms with van der Waals surface area (Å²) in [6.45, 7) is 7.87. The molecular weight excluding hydrogens is 807 g/mol. The van der Waals surface area contributed by atoms with E-state index < -0.39 is 7.12 Å². The first kappa shape index (κ1) is 41.5. The Hall–Kier alpha value is -7.21. The minimum Gasteiger partial charge on any atom is -0.508 e. The van der Waals surface area contributed by atoms with Gasteiger partial charge >= 0.3 is 7.12 Å². The fourth-order valence-corrected chi connectivity index (χ4v) is 7.62. The molecule has 62 heavy (non-hydrogen) atoms. The summed E-state index contributed by atoms with van der Waals surface area (Å²) in [6, 6.07) is 25.0. The number of phenols is 2. The van der Waals surface area contributed by atoms with E-state index in [1.807, 2.05) is 95.4 Å². The van der Waals surface area contributed by atoms with E-state index in [4.69, 9.17) is 31.7 Å². The number of aryl methyl sites for hydroxylation is 4. The molecule has 4 N–H and O–H groups in total. The Labute approximate surface area is 362 Å². The van der Waals surface area contributed by atoms with Crippen LogP contribution in [0.15, 0.2) is 120 Å². The van der Waals surface area contributed by atoms with E-state index in [1.165, 1.54) is 24.3 Å². The molecule has 8 aromatic rings. The van der Waals surface area contributed by atoms with Gasteiger partial charge in [-0.3, -0.25) is 28.5 Å². The lowest BCUT2D eigenvalue weighted by Crippen LogP contribution is -2.29. The zero-order valence-electron chi connectivity index (χ0n) is 34.7. The van der Waals surface area contributed by atoms with E-state index in [-0.39, 0.29) is 23.6 Å². The number of aromatic hydroxyl groups is 2. The number of fused-ring (bicyclic) bond motifs is 6. The second-order valence-corrected chi connectivity index (χ2v) is 15.3. The molecule has 2 atom stereocenters. The summed E-state index contributed by atoms with van der Waals surface area (Å²) >= 11 is 6.48. The van der Waals surface area contributed by atoms with Crippen LogP contribution >= 0.6 is 11.6 Å². The molecule has 0 radical (unpaired) electrons. The Bertz CT molecular complexity index is 2970. The van der Waals surface area contributed by atoms with Gasteiger partial charge < -0.3 is 20.3 Å². The van der Waals surface area contributed by atoms with Crippen LogP contribution in [0.5, 0.6) is 11.5 Å². The van der Waals surface area contributed by atoms with Gasteiger partial charge in [0.25, 0.3) is 0 Å². The lowest BCUT2D eigenvalue weighted by Gasteiger charge is -2.14. The van der Waals surface area contributed by atoms with Crippen LogP contribution in [0.25, 0.3) is 33.6 Å². The summed E-state index contributed by atoms with van der Waals surface area (Å²) in [5.74, 6) is 3.60. The fourth-order valence-electron chi connectivity index (χ4n) is 7.32. The number of aliphatic imine (C=N–C) groups is 2. The number of benzene rings is 4. The minimum absolute atomic E-state index is 0.115. The summed E-state index contributed by atoms with van der Waals surface area (Å²) in [4.78, 5) is 9.55. The van der Waals surface area contributed by atoms with Crippen molar-refractivity contribution in [2.75, 3.05) is 0 Å². The quantitative estimate of drug-likeness (QED) is 0.159. The first-order valence-electron chi connectivity index (χ1n) is 19.6. The Morgan fingerprint density at radius 3 is 1.50 bits per heavy atom. The molecule has 10 rings (SSSR count). The van der Waals surface area contributed by atoms with Crippen LogP contribution in [-0.4, -0.2) is 87.4 Å². The molecule has 312 valence electrons. The van der Waals surface area contributed by atoms with Gasteiger partial charge in [-0.05, 0) is 105 Å². The Morgan fingerprint density at radius 1 is 0.565 bits per heavy atom. The van der Waals surface area contributed by atoms with Gasteiger partial charge in [0.05, 0.1) is 29.5 Å². The molecule has 4 aromatic heterocycles.